The van der Waals surface area contributed by atoms with Crippen LogP contribution in [-0.2, 0) is 0 Å². The van der Waals surface area contributed by atoms with E-state index in [4.69, 9.17) is 0 Å². The van der Waals surface area contributed by atoms with Crippen LogP contribution >= 0.6 is 0 Å². The van der Waals surface area contributed by atoms with Crippen molar-refractivity contribution in [3.8, 4) is 17.1 Å². The first kappa shape index (κ1) is 8.56. The summed E-state index contributed by atoms with van der Waals surface area (Å²) >= 11 is 0. The number of nitrogens with one attached hydrogen (secondary N) is 1. The number of imidazole rings is 1. The molecule has 2 aromatic rings. The van der Waals surface area contributed by atoms with Gasteiger partial charge in [0.15, 0.2) is 0 Å². The zero-order chi connectivity index (χ0) is 9.97. The van der Waals surface area contributed by atoms with Crippen LogP contribution in [0.1, 0.15) is 5.82 Å². The van der Waals surface area contributed by atoms with Crippen LogP contribution in [0.25, 0.3) is 17.3 Å². The second kappa shape index (κ2) is 3.38. The molecule has 0 aliphatic rings. The lowest BCUT2D eigenvalue weighted by Gasteiger charge is -1.96. The Hall–Kier alpha value is -2.03. The average Bonchev–Trinajstić information content (AvgIpc) is 2.61. The molecule has 2 N–H and O–H groups in total. The highest BCUT2D eigenvalue weighted by Gasteiger charge is 2.08. The van der Waals surface area contributed by atoms with E-state index in [1.165, 1.54) is 0 Å². The van der Waals surface area contributed by atoms with E-state index in [0.717, 1.165) is 5.56 Å². The number of nitrogens with zero attached hydrogens (tertiary/aromatic N) is 1. The fourth-order valence-electron chi connectivity index (χ4n) is 1.28. The van der Waals surface area contributed by atoms with E-state index < -0.39 is 0 Å². The molecule has 70 valence electrons. The minimum absolute atomic E-state index is 0.00565. The first-order chi connectivity index (χ1) is 6.81. The van der Waals surface area contributed by atoms with Gasteiger partial charge < -0.3 is 10.1 Å². The number of rotatable bonds is 2. The predicted molar refractivity (Wildman–Crippen MR) is 55.8 cm³/mol. The van der Waals surface area contributed by atoms with E-state index >= 15 is 0 Å². The van der Waals surface area contributed by atoms with Crippen LogP contribution in [0.2, 0.25) is 0 Å². The maximum absolute atomic E-state index is 9.53. The molecule has 3 heteroatoms. The molecule has 1 aromatic carbocycles. The van der Waals surface area contributed by atoms with Crippen LogP contribution in [0.5, 0.6) is 5.88 Å². The fraction of sp³-hybridized carbons (Fsp3) is 0. The Labute approximate surface area is 81.8 Å². The molecular weight excluding hydrogens is 176 g/mol. The number of hydrogen-bond donors (Lipinski definition) is 2. The predicted octanol–water partition coefficient (Wildman–Crippen LogP) is 2.43. The van der Waals surface area contributed by atoms with Gasteiger partial charge in [-0.05, 0) is 6.08 Å². The molecule has 0 unspecified atom stereocenters. The van der Waals surface area contributed by atoms with Crippen molar-refractivity contribution in [3.05, 3.63) is 42.7 Å². The summed E-state index contributed by atoms with van der Waals surface area (Å²) in [4.78, 5) is 6.86. The van der Waals surface area contributed by atoms with Crippen LogP contribution in [0, 0.1) is 0 Å². The summed E-state index contributed by atoms with van der Waals surface area (Å²) in [6.45, 7) is 3.57. The molecule has 0 amide bonds. The highest BCUT2D eigenvalue weighted by atomic mass is 16.3. The molecule has 0 spiro atoms. The molecule has 14 heavy (non-hydrogen) atoms. The summed E-state index contributed by atoms with van der Waals surface area (Å²) in [5.41, 5.74) is 1.53. The lowest BCUT2D eigenvalue weighted by Crippen LogP contribution is -1.77. The van der Waals surface area contributed by atoms with Gasteiger partial charge in [0.25, 0.3) is 0 Å². The molecule has 2 rings (SSSR count). The number of benzene rings is 1. The zero-order valence-electron chi connectivity index (χ0n) is 7.57. The van der Waals surface area contributed by atoms with E-state index in [9.17, 15) is 5.11 Å². The molecule has 0 saturated carbocycles. The van der Waals surface area contributed by atoms with Gasteiger partial charge in [0.1, 0.15) is 11.5 Å². The molecule has 0 aliphatic heterocycles. The van der Waals surface area contributed by atoms with Gasteiger partial charge in [-0.25, -0.2) is 0 Å². The SMILES string of the molecule is C=Cc1nc(O)c(-c2ccccc2)[nH]1. The zero-order valence-corrected chi connectivity index (χ0v) is 7.57. The molecule has 0 radical (unpaired) electrons. The Kier molecular flexibility index (Phi) is 2.07. The third-order valence-electron chi connectivity index (χ3n) is 1.96. The summed E-state index contributed by atoms with van der Waals surface area (Å²) in [7, 11) is 0. The van der Waals surface area contributed by atoms with Crippen molar-refractivity contribution in [2.24, 2.45) is 0 Å². The lowest BCUT2D eigenvalue weighted by molar-refractivity contribution is 0.458. The van der Waals surface area contributed by atoms with E-state index in [1.807, 2.05) is 30.3 Å². The van der Waals surface area contributed by atoms with Gasteiger partial charge >= 0.3 is 0 Å². The van der Waals surface area contributed by atoms with E-state index in [-0.39, 0.29) is 5.88 Å². The van der Waals surface area contributed by atoms with Crippen LogP contribution in [0.4, 0.5) is 0 Å². The van der Waals surface area contributed by atoms with Crippen molar-refractivity contribution < 1.29 is 5.11 Å². The van der Waals surface area contributed by atoms with Gasteiger partial charge in [-0.15, -0.1) is 0 Å². The monoisotopic (exact) mass is 186 g/mol. The Morgan fingerprint density at radius 3 is 2.57 bits per heavy atom. The maximum Gasteiger partial charge on any atom is 0.237 e. The van der Waals surface area contributed by atoms with Crippen molar-refractivity contribution in [2.75, 3.05) is 0 Å². The van der Waals surface area contributed by atoms with Gasteiger partial charge in [0, 0.05) is 5.56 Å². The third kappa shape index (κ3) is 1.40. The largest absolute Gasteiger partial charge is 0.492 e. The van der Waals surface area contributed by atoms with Crippen molar-refractivity contribution >= 4 is 6.08 Å². The molecule has 0 bridgehead atoms. The summed E-state index contributed by atoms with van der Waals surface area (Å²) in [5, 5.41) is 9.53. The summed E-state index contributed by atoms with van der Waals surface area (Å²) in [6, 6.07) is 9.54. The quantitative estimate of drug-likeness (QED) is 0.756. The summed E-state index contributed by atoms with van der Waals surface area (Å²) < 4.78 is 0. The second-order valence-electron chi connectivity index (χ2n) is 2.89. The number of aromatic amines is 1. The second-order valence-corrected chi connectivity index (χ2v) is 2.89. The normalized spacial score (nSPS) is 10.0. The molecule has 0 saturated heterocycles. The Balaban J connectivity index is 2.51. The molecule has 0 fully saturated rings. The summed E-state index contributed by atoms with van der Waals surface area (Å²) in [6.07, 6.45) is 1.56. The Morgan fingerprint density at radius 2 is 2.00 bits per heavy atom. The minimum Gasteiger partial charge on any atom is -0.492 e. The van der Waals surface area contributed by atoms with Gasteiger partial charge in [-0.2, -0.15) is 4.98 Å². The van der Waals surface area contributed by atoms with Crippen LogP contribution in [-0.4, -0.2) is 15.1 Å². The van der Waals surface area contributed by atoms with Crippen molar-refractivity contribution in [3.63, 3.8) is 0 Å². The molecule has 0 aliphatic carbocycles. The first-order valence-corrected chi connectivity index (χ1v) is 4.28. The van der Waals surface area contributed by atoms with Crippen LogP contribution in [0.3, 0.4) is 0 Å². The topological polar surface area (TPSA) is 48.9 Å². The van der Waals surface area contributed by atoms with E-state index in [1.54, 1.807) is 6.08 Å². The maximum atomic E-state index is 9.53. The average molecular weight is 186 g/mol. The molecule has 0 atom stereocenters. The van der Waals surface area contributed by atoms with Crippen LogP contribution < -0.4 is 0 Å². The Morgan fingerprint density at radius 1 is 1.29 bits per heavy atom. The fourth-order valence-corrected chi connectivity index (χ4v) is 1.28. The van der Waals surface area contributed by atoms with Crippen LogP contribution in [0.15, 0.2) is 36.9 Å². The molecular formula is C11H10N2O. The van der Waals surface area contributed by atoms with Gasteiger partial charge in [0.2, 0.25) is 5.88 Å². The lowest BCUT2D eigenvalue weighted by atomic mass is 10.2. The third-order valence-corrected chi connectivity index (χ3v) is 1.96. The number of H-pyrrole nitrogens is 1. The highest BCUT2D eigenvalue weighted by molar-refractivity contribution is 5.65. The standard InChI is InChI=1S/C11H10N2O/c1-2-9-12-10(11(14)13-9)8-6-4-3-5-7-8/h2-7,14H,1H2,(H,12,13). The minimum atomic E-state index is 0.00565. The Bertz CT molecular complexity index is 446. The number of hydrogen-bond acceptors (Lipinski definition) is 2. The number of aromatic nitrogens is 2. The smallest absolute Gasteiger partial charge is 0.237 e. The summed E-state index contributed by atoms with van der Waals surface area (Å²) in [5.74, 6) is 0.576. The molecule has 3 nitrogen and oxygen atoms in total. The van der Waals surface area contributed by atoms with Gasteiger partial charge in [0.05, 0.1) is 0 Å². The van der Waals surface area contributed by atoms with Gasteiger partial charge in [-0.1, -0.05) is 36.9 Å². The highest BCUT2D eigenvalue weighted by Crippen LogP contribution is 2.26. The first-order valence-electron chi connectivity index (χ1n) is 4.28. The molecule has 1 heterocycles. The molecule has 1 aromatic heterocycles. The number of aromatic hydroxyl groups is 1. The van der Waals surface area contributed by atoms with Crippen molar-refractivity contribution in [2.45, 2.75) is 0 Å². The van der Waals surface area contributed by atoms with Gasteiger partial charge in [-0.3, -0.25) is 0 Å². The van der Waals surface area contributed by atoms with Crippen molar-refractivity contribution in [1.82, 2.24) is 9.97 Å². The van der Waals surface area contributed by atoms with Crippen molar-refractivity contribution in [1.29, 1.82) is 0 Å². The van der Waals surface area contributed by atoms with E-state index in [0.29, 0.717) is 11.5 Å². The van der Waals surface area contributed by atoms with E-state index in [2.05, 4.69) is 16.5 Å².